The molecule has 332 valence electrons. The highest BCUT2D eigenvalue weighted by molar-refractivity contribution is 5.72. The molecule has 6 heteroatoms. The minimum atomic E-state index is 0.0624. The van der Waals surface area contributed by atoms with E-state index in [1.807, 2.05) is 0 Å². The Kier molecular flexibility index (Phi) is 37.1. The molecule has 1 fully saturated rings. The van der Waals surface area contributed by atoms with E-state index in [9.17, 15) is 14.7 Å². The molecule has 1 heterocycles. The van der Waals surface area contributed by atoms with Gasteiger partial charge in [-0.05, 0) is 83.6 Å². The smallest absolute Gasteiger partial charge is 0.308 e. The standard InChI is InChI=1S/C50H97NO5/c1-5-9-13-17-19-25-35-45(33-23-15-11-7-3)49(53)55-43-31-21-27-37-47-39-40-48(51(47)41-29-30-42-52)38-28-22-32-44-56-50(54)46(34-24-16-12-8-4)36-26-20-18-14-10-6-2/h45-48,52H,5-44H2,1-4H3. The lowest BCUT2D eigenvalue weighted by molar-refractivity contribution is -0.150. The minimum absolute atomic E-state index is 0.0624. The fourth-order valence-electron chi connectivity index (χ4n) is 9.04. The Bertz CT molecular complexity index is 802. The Morgan fingerprint density at radius 2 is 0.804 bits per heavy atom. The van der Waals surface area contributed by atoms with Gasteiger partial charge in [-0.1, -0.05) is 182 Å². The lowest BCUT2D eigenvalue weighted by atomic mass is 9.94. The van der Waals surface area contributed by atoms with Gasteiger partial charge < -0.3 is 14.6 Å². The molecular formula is C50H97NO5. The molecule has 1 aliphatic rings. The summed E-state index contributed by atoms with van der Waals surface area (Å²) in [5, 5.41) is 9.47. The van der Waals surface area contributed by atoms with Crippen LogP contribution in [0, 0.1) is 11.8 Å². The van der Waals surface area contributed by atoms with Gasteiger partial charge in [-0.15, -0.1) is 0 Å². The molecule has 4 unspecified atom stereocenters. The number of hydrogen-bond donors (Lipinski definition) is 1. The largest absolute Gasteiger partial charge is 0.465 e. The van der Waals surface area contributed by atoms with Crippen LogP contribution in [0.2, 0.25) is 0 Å². The number of carbonyl (C=O) groups excluding carboxylic acids is 2. The van der Waals surface area contributed by atoms with Crippen molar-refractivity contribution in [3.63, 3.8) is 0 Å². The third-order valence-electron chi connectivity index (χ3n) is 12.7. The van der Waals surface area contributed by atoms with E-state index in [4.69, 9.17) is 9.47 Å². The van der Waals surface area contributed by atoms with E-state index >= 15 is 0 Å². The Morgan fingerprint density at radius 1 is 0.464 bits per heavy atom. The Balaban J connectivity index is 2.41. The van der Waals surface area contributed by atoms with Crippen LogP contribution in [0.5, 0.6) is 0 Å². The third-order valence-corrected chi connectivity index (χ3v) is 12.7. The Morgan fingerprint density at radius 3 is 1.18 bits per heavy atom. The maximum absolute atomic E-state index is 13.1. The van der Waals surface area contributed by atoms with Gasteiger partial charge in [0.05, 0.1) is 25.0 Å². The molecule has 0 bridgehead atoms. The molecule has 0 amide bonds. The number of aliphatic hydroxyl groups is 1. The molecule has 0 spiro atoms. The highest BCUT2D eigenvalue weighted by atomic mass is 16.5. The number of carbonyl (C=O) groups is 2. The van der Waals surface area contributed by atoms with Crippen LogP contribution in [-0.2, 0) is 19.1 Å². The van der Waals surface area contributed by atoms with Gasteiger partial charge in [0, 0.05) is 18.7 Å². The van der Waals surface area contributed by atoms with Crippen LogP contribution in [0.25, 0.3) is 0 Å². The van der Waals surface area contributed by atoms with E-state index in [0.29, 0.717) is 25.3 Å². The van der Waals surface area contributed by atoms with Crippen molar-refractivity contribution in [3.8, 4) is 0 Å². The van der Waals surface area contributed by atoms with Crippen LogP contribution in [0.15, 0.2) is 0 Å². The van der Waals surface area contributed by atoms with Crippen LogP contribution >= 0.6 is 0 Å². The average Bonchev–Trinajstić information content (AvgIpc) is 3.59. The first kappa shape index (κ1) is 52.9. The second-order valence-corrected chi connectivity index (χ2v) is 17.8. The topological polar surface area (TPSA) is 76.1 Å². The number of esters is 2. The molecule has 0 radical (unpaired) electrons. The highest BCUT2D eigenvalue weighted by Crippen LogP contribution is 2.31. The van der Waals surface area contributed by atoms with E-state index in [0.717, 1.165) is 96.4 Å². The summed E-state index contributed by atoms with van der Waals surface area (Å²) in [6, 6.07) is 1.26. The SMILES string of the molecule is CCCCCCCCC(CCCCCC)C(=O)OCCCCCC1CCC(CCCCCOC(=O)C(CCCCCC)CCCCCCCC)N1CCCCO. The number of aliphatic hydroxyl groups excluding tert-OH is 1. The quantitative estimate of drug-likeness (QED) is 0.0490. The lowest BCUT2D eigenvalue weighted by Crippen LogP contribution is -2.37. The van der Waals surface area contributed by atoms with Gasteiger partial charge in [0.25, 0.3) is 0 Å². The molecule has 0 saturated carbocycles. The molecule has 0 aromatic carbocycles. The summed E-state index contributed by atoms with van der Waals surface area (Å²) in [5.41, 5.74) is 0. The Labute approximate surface area is 349 Å². The van der Waals surface area contributed by atoms with Gasteiger partial charge in [0.2, 0.25) is 0 Å². The second-order valence-electron chi connectivity index (χ2n) is 17.8. The zero-order valence-corrected chi connectivity index (χ0v) is 38.1. The lowest BCUT2D eigenvalue weighted by Gasteiger charge is -2.30. The predicted molar refractivity (Wildman–Crippen MR) is 239 cm³/mol. The molecule has 56 heavy (non-hydrogen) atoms. The number of hydrogen-bond acceptors (Lipinski definition) is 6. The maximum atomic E-state index is 13.1. The van der Waals surface area contributed by atoms with Crippen LogP contribution < -0.4 is 0 Å². The first-order valence-corrected chi connectivity index (χ1v) is 25.2. The number of likely N-dealkylation sites (tertiary alicyclic amines) is 1. The molecule has 1 saturated heterocycles. The van der Waals surface area contributed by atoms with Gasteiger partial charge in [-0.25, -0.2) is 0 Å². The monoisotopic (exact) mass is 792 g/mol. The third kappa shape index (κ3) is 28.3. The van der Waals surface area contributed by atoms with Crippen molar-refractivity contribution in [1.29, 1.82) is 0 Å². The zero-order valence-electron chi connectivity index (χ0n) is 38.1. The first-order chi connectivity index (χ1) is 27.5. The van der Waals surface area contributed by atoms with E-state index < -0.39 is 0 Å². The molecule has 1 aliphatic heterocycles. The van der Waals surface area contributed by atoms with E-state index in [1.165, 1.54) is 141 Å². The number of rotatable bonds is 42. The predicted octanol–water partition coefficient (Wildman–Crippen LogP) is 14.5. The van der Waals surface area contributed by atoms with Crippen molar-refractivity contribution in [1.82, 2.24) is 4.90 Å². The van der Waals surface area contributed by atoms with Gasteiger partial charge in [-0.2, -0.15) is 0 Å². The molecule has 0 aliphatic carbocycles. The highest BCUT2D eigenvalue weighted by Gasteiger charge is 2.32. The molecule has 0 aromatic heterocycles. The summed E-state index contributed by atoms with van der Waals surface area (Å²) >= 11 is 0. The number of ether oxygens (including phenoxy) is 2. The van der Waals surface area contributed by atoms with Gasteiger partial charge in [0.1, 0.15) is 0 Å². The summed E-state index contributed by atoms with van der Waals surface area (Å²) in [6.07, 6.45) is 42.4. The zero-order chi connectivity index (χ0) is 40.7. The summed E-state index contributed by atoms with van der Waals surface area (Å²) in [4.78, 5) is 28.9. The van der Waals surface area contributed by atoms with Gasteiger partial charge >= 0.3 is 11.9 Å². The van der Waals surface area contributed by atoms with Crippen molar-refractivity contribution in [2.45, 2.75) is 271 Å². The molecule has 0 aromatic rings. The fourth-order valence-corrected chi connectivity index (χ4v) is 9.04. The summed E-state index contributed by atoms with van der Waals surface area (Å²) in [7, 11) is 0. The Hall–Kier alpha value is -1.14. The van der Waals surface area contributed by atoms with E-state index in [2.05, 4.69) is 32.6 Å². The molecule has 1 rings (SSSR count). The molecule has 4 atom stereocenters. The average molecular weight is 792 g/mol. The molecule has 6 nitrogen and oxygen atoms in total. The maximum Gasteiger partial charge on any atom is 0.308 e. The van der Waals surface area contributed by atoms with Crippen LogP contribution in [0.3, 0.4) is 0 Å². The van der Waals surface area contributed by atoms with Crippen LogP contribution in [0.4, 0.5) is 0 Å². The van der Waals surface area contributed by atoms with E-state index in [-0.39, 0.29) is 30.4 Å². The van der Waals surface area contributed by atoms with E-state index in [1.54, 1.807) is 0 Å². The summed E-state index contributed by atoms with van der Waals surface area (Å²) in [6.45, 7) is 11.5. The van der Waals surface area contributed by atoms with Crippen molar-refractivity contribution in [2.24, 2.45) is 11.8 Å². The van der Waals surface area contributed by atoms with Crippen molar-refractivity contribution < 1.29 is 24.2 Å². The number of unbranched alkanes of at least 4 members (excludes halogenated alkanes) is 21. The number of nitrogens with zero attached hydrogens (tertiary/aromatic N) is 1. The summed E-state index contributed by atoms with van der Waals surface area (Å²) in [5.74, 6) is 0.307. The fraction of sp³-hybridized carbons (Fsp3) is 0.960. The van der Waals surface area contributed by atoms with Crippen LogP contribution in [-0.4, -0.2) is 60.4 Å². The van der Waals surface area contributed by atoms with Crippen molar-refractivity contribution >= 4 is 11.9 Å². The first-order valence-electron chi connectivity index (χ1n) is 25.2. The van der Waals surface area contributed by atoms with Gasteiger partial charge in [0.15, 0.2) is 0 Å². The molecule has 1 N–H and O–H groups in total. The second kappa shape index (κ2) is 39.3. The minimum Gasteiger partial charge on any atom is -0.465 e. The van der Waals surface area contributed by atoms with Crippen LogP contribution in [0.1, 0.15) is 259 Å². The van der Waals surface area contributed by atoms with Crippen molar-refractivity contribution in [2.75, 3.05) is 26.4 Å². The van der Waals surface area contributed by atoms with Crippen molar-refractivity contribution in [3.05, 3.63) is 0 Å². The normalized spacial score (nSPS) is 17.0. The summed E-state index contributed by atoms with van der Waals surface area (Å²) < 4.78 is 11.8. The molecular weight excluding hydrogens is 695 g/mol. The van der Waals surface area contributed by atoms with Gasteiger partial charge in [-0.3, -0.25) is 14.5 Å².